The van der Waals surface area contributed by atoms with E-state index in [0.29, 0.717) is 0 Å². The van der Waals surface area contributed by atoms with E-state index in [4.69, 9.17) is 0 Å². The van der Waals surface area contributed by atoms with Crippen LogP contribution in [0.1, 0.15) is 0 Å². The smallest absolute Gasteiger partial charge is 0.0361 e. The summed E-state index contributed by atoms with van der Waals surface area (Å²) >= 11 is 3.80. The summed E-state index contributed by atoms with van der Waals surface area (Å²) in [5.74, 6) is 0. The molecule has 250 valence electrons. The summed E-state index contributed by atoms with van der Waals surface area (Å²) in [6.45, 7) is 0. The molecule has 0 unspecified atom stereocenters. The first kappa shape index (κ1) is 30.2. The predicted molar refractivity (Wildman–Crippen MR) is 239 cm³/mol. The lowest BCUT2D eigenvalue weighted by Crippen LogP contribution is -1.81. The molecule has 0 aliphatic carbocycles. The average Bonchev–Trinajstić information content (AvgIpc) is 3.75. The van der Waals surface area contributed by atoms with E-state index in [2.05, 4.69) is 182 Å². The van der Waals surface area contributed by atoms with Gasteiger partial charge >= 0.3 is 0 Å². The molecule has 0 aliphatic heterocycles. The molecule has 0 fully saturated rings. The highest BCUT2D eigenvalue weighted by Crippen LogP contribution is 2.42. The molecule has 0 bridgehead atoms. The zero-order chi connectivity index (χ0) is 35.3. The van der Waals surface area contributed by atoms with Crippen LogP contribution >= 0.6 is 22.7 Å². The molecule has 2 aromatic heterocycles. The Balaban J connectivity index is 0.921. The number of rotatable bonds is 3. The van der Waals surface area contributed by atoms with Gasteiger partial charge in [-0.15, -0.1) is 22.7 Å². The fourth-order valence-corrected chi connectivity index (χ4v) is 10.8. The van der Waals surface area contributed by atoms with Gasteiger partial charge in [-0.3, -0.25) is 0 Å². The lowest BCUT2D eigenvalue weighted by Gasteiger charge is -2.08. The van der Waals surface area contributed by atoms with Crippen molar-refractivity contribution in [2.45, 2.75) is 0 Å². The van der Waals surface area contributed by atoms with Crippen molar-refractivity contribution in [3.05, 3.63) is 182 Å². The van der Waals surface area contributed by atoms with Gasteiger partial charge in [-0.2, -0.15) is 0 Å². The molecule has 0 radical (unpaired) electrons. The van der Waals surface area contributed by atoms with Crippen LogP contribution in [0.2, 0.25) is 0 Å². The van der Waals surface area contributed by atoms with Crippen LogP contribution in [0.4, 0.5) is 0 Å². The van der Waals surface area contributed by atoms with Crippen LogP contribution in [0.15, 0.2) is 182 Å². The number of thiophene rings is 2. The third-order valence-electron chi connectivity index (χ3n) is 11.3. The van der Waals surface area contributed by atoms with Gasteiger partial charge < -0.3 is 0 Å². The van der Waals surface area contributed by atoms with Crippen LogP contribution in [-0.4, -0.2) is 0 Å². The molecule has 12 aromatic rings. The standard InChI is InChI=1S/C52H30S2/c1-3-7-31(8-4-1)33-11-15-37-23-45-47-25-39-17-13-35(21-43(39)29-51(47)53-49(45)27-41(37)19-33)36-14-18-40-26-48-46-24-38-16-12-34(32-9-5-2-6-10-32)20-42(38)28-50(46)54-52(48)30-44(40)22-36/h1-30H. The summed E-state index contributed by atoms with van der Waals surface area (Å²) in [7, 11) is 0. The van der Waals surface area contributed by atoms with Gasteiger partial charge in [-0.1, -0.05) is 109 Å². The topological polar surface area (TPSA) is 0 Å². The van der Waals surface area contributed by atoms with E-state index < -0.39 is 0 Å². The maximum absolute atomic E-state index is 2.40. The molecule has 0 saturated heterocycles. The quantitative estimate of drug-likeness (QED) is 0.171. The molecule has 0 saturated carbocycles. The molecule has 54 heavy (non-hydrogen) atoms. The van der Waals surface area contributed by atoms with E-state index in [1.165, 1.54) is 117 Å². The SMILES string of the molecule is c1ccc(-c2ccc3cc4c(cc3c2)sc2cc3cc(-c5ccc6cc7c(cc6c5)sc5cc6cc(-c8ccccc8)ccc6cc57)ccc3cc24)cc1. The van der Waals surface area contributed by atoms with E-state index in [1.807, 2.05) is 22.7 Å². The second kappa shape index (κ2) is 11.6. The fraction of sp³-hybridized carbons (Fsp3) is 0. The first-order valence-electron chi connectivity index (χ1n) is 18.5. The molecule has 0 nitrogen and oxygen atoms in total. The van der Waals surface area contributed by atoms with Gasteiger partial charge in [0.2, 0.25) is 0 Å². The fourth-order valence-electron chi connectivity index (χ4n) is 8.50. The maximum Gasteiger partial charge on any atom is 0.0361 e. The molecule has 0 atom stereocenters. The summed E-state index contributed by atoms with van der Waals surface area (Å²) in [6.07, 6.45) is 0. The molecular weight excluding hydrogens is 689 g/mol. The predicted octanol–water partition coefficient (Wildman–Crippen LogP) is 16.0. The highest BCUT2D eigenvalue weighted by Gasteiger charge is 2.13. The van der Waals surface area contributed by atoms with Crippen molar-refractivity contribution in [3.8, 4) is 33.4 Å². The van der Waals surface area contributed by atoms with Crippen LogP contribution in [0, 0.1) is 0 Å². The maximum atomic E-state index is 2.40. The van der Waals surface area contributed by atoms with Crippen molar-refractivity contribution in [2.75, 3.05) is 0 Å². The zero-order valence-corrected chi connectivity index (χ0v) is 30.8. The second-order valence-corrected chi connectivity index (χ2v) is 16.7. The minimum atomic E-state index is 1.25. The molecule has 12 rings (SSSR count). The van der Waals surface area contributed by atoms with Gasteiger partial charge in [0.05, 0.1) is 0 Å². The lowest BCUT2D eigenvalue weighted by atomic mass is 9.96. The molecule has 2 heteroatoms. The van der Waals surface area contributed by atoms with Crippen LogP contribution < -0.4 is 0 Å². The first-order valence-corrected chi connectivity index (χ1v) is 20.1. The summed E-state index contributed by atoms with van der Waals surface area (Å²) in [6, 6.07) is 68.0. The van der Waals surface area contributed by atoms with Crippen molar-refractivity contribution in [2.24, 2.45) is 0 Å². The Morgan fingerprint density at radius 3 is 0.778 bits per heavy atom. The van der Waals surface area contributed by atoms with E-state index >= 15 is 0 Å². The lowest BCUT2D eigenvalue weighted by molar-refractivity contribution is 1.65. The van der Waals surface area contributed by atoms with Crippen LogP contribution in [0.5, 0.6) is 0 Å². The Bertz CT molecular complexity index is 3240. The minimum absolute atomic E-state index is 1.25. The third-order valence-corrected chi connectivity index (χ3v) is 13.6. The Morgan fingerprint density at radius 2 is 0.481 bits per heavy atom. The van der Waals surface area contributed by atoms with Crippen molar-refractivity contribution >= 4 is 106 Å². The molecule has 0 N–H and O–H groups in total. The molecule has 10 aromatic carbocycles. The largest absolute Gasteiger partial charge is 0.135 e. The number of benzene rings is 10. The van der Waals surface area contributed by atoms with Crippen molar-refractivity contribution < 1.29 is 0 Å². The summed E-state index contributed by atoms with van der Waals surface area (Å²) in [5, 5.41) is 15.6. The normalized spacial score (nSPS) is 12.1. The summed E-state index contributed by atoms with van der Waals surface area (Å²) in [4.78, 5) is 0. The highest BCUT2D eigenvalue weighted by atomic mass is 32.1. The molecule has 2 heterocycles. The van der Waals surface area contributed by atoms with Gasteiger partial charge in [0.1, 0.15) is 0 Å². The van der Waals surface area contributed by atoms with Gasteiger partial charge in [0, 0.05) is 40.3 Å². The third kappa shape index (κ3) is 4.81. The Labute approximate surface area is 319 Å². The average molecular weight is 719 g/mol. The Kier molecular flexibility index (Phi) is 6.48. The van der Waals surface area contributed by atoms with E-state index in [-0.39, 0.29) is 0 Å². The van der Waals surface area contributed by atoms with Crippen LogP contribution in [-0.2, 0) is 0 Å². The van der Waals surface area contributed by atoms with E-state index in [0.717, 1.165) is 0 Å². The van der Waals surface area contributed by atoms with Gasteiger partial charge in [-0.25, -0.2) is 0 Å². The number of hydrogen-bond donors (Lipinski definition) is 0. The highest BCUT2D eigenvalue weighted by molar-refractivity contribution is 7.26. The van der Waals surface area contributed by atoms with Gasteiger partial charge in [0.25, 0.3) is 0 Å². The monoisotopic (exact) mass is 718 g/mol. The number of fused-ring (bicyclic) bond motifs is 10. The van der Waals surface area contributed by atoms with Crippen molar-refractivity contribution in [1.29, 1.82) is 0 Å². The zero-order valence-electron chi connectivity index (χ0n) is 29.1. The summed E-state index contributed by atoms with van der Waals surface area (Å²) in [5.41, 5.74) is 7.53. The Hall–Kier alpha value is -6.32. The number of hydrogen-bond acceptors (Lipinski definition) is 2. The second-order valence-electron chi connectivity index (χ2n) is 14.6. The molecule has 0 spiro atoms. The van der Waals surface area contributed by atoms with Gasteiger partial charge in [0.15, 0.2) is 0 Å². The summed E-state index contributed by atoms with van der Waals surface area (Å²) < 4.78 is 5.35. The first-order chi connectivity index (χ1) is 26.7. The van der Waals surface area contributed by atoms with Crippen molar-refractivity contribution in [1.82, 2.24) is 0 Å². The van der Waals surface area contributed by atoms with Gasteiger partial charge in [-0.05, 0) is 149 Å². The van der Waals surface area contributed by atoms with E-state index in [1.54, 1.807) is 0 Å². The van der Waals surface area contributed by atoms with Crippen LogP contribution in [0.25, 0.3) is 117 Å². The van der Waals surface area contributed by atoms with Crippen molar-refractivity contribution in [3.63, 3.8) is 0 Å². The van der Waals surface area contributed by atoms with E-state index in [9.17, 15) is 0 Å². The molecular formula is C52H30S2. The molecule has 0 aliphatic rings. The minimum Gasteiger partial charge on any atom is -0.135 e. The molecule has 0 amide bonds. The Morgan fingerprint density at radius 1 is 0.204 bits per heavy atom. The van der Waals surface area contributed by atoms with Crippen LogP contribution in [0.3, 0.4) is 0 Å².